The second kappa shape index (κ2) is 3.62. The third-order valence-electron chi connectivity index (χ3n) is 1.68. The maximum absolute atomic E-state index is 13.0. The van der Waals surface area contributed by atoms with Gasteiger partial charge >= 0.3 is 18.0 Å². The first-order valence-electron chi connectivity index (χ1n) is 3.67. The number of allylic oxidation sites excluding steroid dienone is 1. The van der Waals surface area contributed by atoms with E-state index in [1.807, 2.05) is 0 Å². The van der Waals surface area contributed by atoms with Crippen molar-refractivity contribution in [3.05, 3.63) is 5.70 Å². The number of nitrogens with one attached hydrogen (secondary N) is 1. The summed E-state index contributed by atoms with van der Waals surface area (Å²) in [4.78, 5) is 0. The molecule has 1 N–H and O–H groups in total. The fraction of sp³-hybridized carbons (Fsp3) is 0.500. The van der Waals surface area contributed by atoms with Crippen molar-refractivity contribution in [3.63, 3.8) is 0 Å². The van der Waals surface area contributed by atoms with Gasteiger partial charge < -0.3 is 0 Å². The number of rotatable bonds is 2. The molecule has 0 aromatic carbocycles. The smallest absolute Gasteiger partial charge is 0.257 e. The van der Waals surface area contributed by atoms with Gasteiger partial charge in [0.05, 0.1) is 0 Å². The lowest BCUT2D eigenvalue weighted by molar-refractivity contribution is -0.336. The third kappa shape index (κ3) is 1.82. The number of nitrogens with zero attached hydrogens (tertiary/aromatic N) is 3. The predicted octanol–water partition coefficient (Wildman–Crippen LogP) is 2.77. The molecule has 0 radical (unpaired) electrons. The molecule has 0 amide bonds. The van der Waals surface area contributed by atoms with Gasteiger partial charge in [-0.1, -0.05) is 0 Å². The van der Waals surface area contributed by atoms with E-state index in [2.05, 4.69) is 15.4 Å². The Morgan fingerprint density at radius 2 is 1.53 bits per heavy atom. The Hall–Kier alpha value is -1.77. The molecule has 1 heterocycles. The lowest BCUT2D eigenvalue weighted by Crippen LogP contribution is -2.56. The van der Waals surface area contributed by atoms with Gasteiger partial charge in [0.2, 0.25) is 0 Å². The molecule has 0 spiro atoms. The highest BCUT2D eigenvalue weighted by Crippen LogP contribution is 2.48. The monoisotopic (exact) mass is 262 g/mol. The Bertz CT molecular complexity index is 440. The van der Waals surface area contributed by atoms with Crippen LogP contribution >= 0.6 is 0 Å². The quantitative estimate of drug-likeness (QED) is 0.587. The highest BCUT2D eigenvalue weighted by atomic mass is 19.4. The molecule has 0 bridgehead atoms. The lowest BCUT2D eigenvalue weighted by Gasteiger charge is -2.27. The molecule has 0 fully saturated rings. The van der Waals surface area contributed by atoms with E-state index in [-0.39, 0.29) is 0 Å². The van der Waals surface area contributed by atoms with Crippen molar-refractivity contribution in [2.24, 2.45) is 15.4 Å². The summed E-state index contributed by atoms with van der Waals surface area (Å²) >= 11 is 0. The van der Waals surface area contributed by atoms with Crippen LogP contribution in [0.4, 0.5) is 30.7 Å². The molecule has 94 valence electrons. The van der Waals surface area contributed by atoms with E-state index in [0.717, 1.165) is 5.87 Å². The Morgan fingerprint density at radius 3 is 1.94 bits per heavy atom. The van der Waals surface area contributed by atoms with Crippen molar-refractivity contribution in [1.29, 1.82) is 5.41 Å². The zero-order valence-corrected chi connectivity index (χ0v) is 7.49. The van der Waals surface area contributed by atoms with Crippen molar-refractivity contribution < 1.29 is 30.7 Å². The molecule has 0 aromatic heterocycles. The van der Waals surface area contributed by atoms with E-state index < -0.39 is 29.4 Å². The number of alkyl halides is 7. The highest BCUT2D eigenvalue weighted by Gasteiger charge is 2.75. The van der Waals surface area contributed by atoms with Crippen LogP contribution in [-0.4, -0.2) is 29.6 Å². The average Bonchev–Trinajstić information content (AvgIpc) is 2.63. The van der Waals surface area contributed by atoms with Crippen molar-refractivity contribution in [1.82, 2.24) is 0 Å². The Kier molecular flexibility index (Phi) is 2.83. The molecule has 0 atom stereocenters. The molecule has 0 aliphatic carbocycles. The Balaban J connectivity index is 3.26. The van der Waals surface area contributed by atoms with E-state index in [1.165, 1.54) is 0 Å². The molecule has 1 rings (SSSR count). The summed E-state index contributed by atoms with van der Waals surface area (Å²) in [7, 11) is 0. The van der Waals surface area contributed by atoms with E-state index >= 15 is 0 Å². The van der Waals surface area contributed by atoms with Gasteiger partial charge in [0.15, 0.2) is 11.4 Å². The maximum Gasteiger partial charge on any atom is 0.460 e. The number of halogens is 7. The zero-order valence-electron chi connectivity index (χ0n) is 7.49. The minimum absolute atomic E-state index is 1.14. The van der Waals surface area contributed by atoms with Gasteiger partial charge in [-0.2, -0.15) is 30.7 Å². The van der Waals surface area contributed by atoms with Crippen molar-refractivity contribution in [2.75, 3.05) is 0 Å². The molecule has 1 aliphatic heterocycles. The number of hydrogen-bond acceptors (Lipinski definition) is 4. The first-order chi connectivity index (χ1) is 7.55. The Labute approximate surface area is 88.0 Å². The summed E-state index contributed by atoms with van der Waals surface area (Å²) in [5.41, 5.74) is -3.33. The maximum atomic E-state index is 13.0. The molecule has 4 nitrogen and oxygen atoms in total. The van der Waals surface area contributed by atoms with Gasteiger partial charge in [0, 0.05) is 5.87 Å². The summed E-state index contributed by atoms with van der Waals surface area (Å²) in [6.07, 6.45) is -6.48. The molecule has 17 heavy (non-hydrogen) atoms. The van der Waals surface area contributed by atoms with Crippen LogP contribution in [0.3, 0.4) is 0 Å². The minimum Gasteiger partial charge on any atom is -0.257 e. The fourth-order valence-corrected chi connectivity index (χ4v) is 0.829. The van der Waals surface area contributed by atoms with E-state index in [4.69, 9.17) is 5.41 Å². The first-order valence-corrected chi connectivity index (χ1v) is 3.67. The van der Waals surface area contributed by atoms with Crippen LogP contribution in [0.2, 0.25) is 0 Å². The zero-order chi connectivity index (χ0) is 13.5. The van der Waals surface area contributed by atoms with Gasteiger partial charge in [-0.15, -0.1) is 10.2 Å². The van der Waals surface area contributed by atoms with Gasteiger partial charge in [0.1, 0.15) is 0 Å². The molecular formula is C6HF7N4. The standard InChI is InChI=1S/C6HF7N4/c7-4(8,5(9,10)6(11,12)13)3-2(1-14)15-17-16-3/h14H. The van der Waals surface area contributed by atoms with Crippen LogP contribution in [0, 0.1) is 5.41 Å². The molecule has 1 aliphatic rings. The van der Waals surface area contributed by atoms with Crippen LogP contribution in [0.15, 0.2) is 21.1 Å². The minimum atomic E-state index is -6.48. The van der Waals surface area contributed by atoms with Crippen molar-refractivity contribution in [3.8, 4) is 0 Å². The van der Waals surface area contributed by atoms with Crippen LogP contribution in [0.1, 0.15) is 0 Å². The summed E-state index contributed by atoms with van der Waals surface area (Å²) in [5.74, 6) is -10.9. The van der Waals surface area contributed by atoms with Crippen LogP contribution in [0.5, 0.6) is 0 Å². The van der Waals surface area contributed by atoms with Crippen LogP contribution in [-0.2, 0) is 0 Å². The molecule has 11 heteroatoms. The van der Waals surface area contributed by atoms with Gasteiger partial charge in [0.25, 0.3) is 0 Å². The molecule has 0 aromatic rings. The second-order valence-corrected chi connectivity index (χ2v) is 2.76. The molecule has 0 saturated carbocycles. The van der Waals surface area contributed by atoms with E-state index in [9.17, 15) is 30.7 Å². The van der Waals surface area contributed by atoms with Crippen LogP contribution < -0.4 is 0 Å². The summed E-state index contributed by atoms with van der Waals surface area (Å²) in [6, 6.07) is 0. The SMILES string of the molecule is N=C=C1N=NN=C1C(F)(F)C(F)(F)C(F)(F)F. The topological polar surface area (TPSA) is 60.9 Å². The van der Waals surface area contributed by atoms with Crippen molar-refractivity contribution >= 4 is 11.6 Å². The largest absolute Gasteiger partial charge is 0.460 e. The predicted molar refractivity (Wildman–Crippen MR) is 39.5 cm³/mol. The second-order valence-electron chi connectivity index (χ2n) is 2.76. The molecule has 0 unspecified atom stereocenters. The lowest BCUT2D eigenvalue weighted by atomic mass is 10.0. The normalized spacial score (nSPS) is 17.1. The third-order valence-corrected chi connectivity index (χ3v) is 1.68. The van der Waals surface area contributed by atoms with E-state index in [0.29, 0.717) is 0 Å². The van der Waals surface area contributed by atoms with Crippen LogP contribution in [0.25, 0.3) is 0 Å². The number of hydrogen-bond donors (Lipinski definition) is 1. The molecule has 0 saturated heterocycles. The first kappa shape index (κ1) is 13.3. The summed E-state index contributed by atoms with van der Waals surface area (Å²) in [6.45, 7) is 0. The fourth-order valence-electron chi connectivity index (χ4n) is 0.829. The molecular weight excluding hydrogens is 261 g/mol. The van der Waals surface area contributed by atoms with Gasteiger partial charge in [-0.3, -0.25) is 5.41 Å². The summed E-state index contributed by atoms with van der Waals surface area (Å²) in [5, 5.41) is 13.9. The van der Waals surface area contributed by atoms with Crippen molar-refractivity contribution in [2.45, 2.75) is 18.0 Å². The van der Waals surface area contributed by atoms with Gasteiger partial charge in [-0.25, -0.2) is 0 Å². The average molecular weight is 262 g/mol. The highest BCUT2D eigenvalue weighted by molar-refractivity contribution is 6.11. The summed E-state index contributed by atoms with van der Waals surface area (Å²) < 4.78 is 86.4. The van der Waals surface area contributed by atoms with E-state index in [1.54, 1.807) is 0 Å². The Morgan fingerprint density at radius 1 is 1.00 bits per heavy atom. The van der Waals surface area contributed by atoms with Gasteiger partial charge in [-0.05, 0) is 5.22 Å².